The lowest BCUT2D eigenvalue weighted by atomic mass is 9.98. The third-order valence-corrected chi connectivity index (χ3v) is 3.20. The summed E-state index contributed by atoms with van der Waals surface area (Å²) in [5.74, 6) is 0.313. The Kier molecular flexibility index (Phi) is 4.97. The monoisotopic (exact) mass is 221 g/mol. The lowest BCUT2D eigenvalue weighted by molar-refractivity contribution is 0.231. The summed E-state index contributed by atoms with van der Waals surface area (Å²) in [6.45, 7) is 9.62. The molecule has 1 rings (SSSR count). The molecule has 1 aromatic carbocycles. The highest BCUT2D eigenvalue weighted by atomic mass is 16.3. The third-order valence-electron chi connectivity index (χ3n) is 3.20. The zero-order chi connectivity index (χ0) is 12.1. The maximum absolute atomic E-state index is 8.98. The molecule has 0 amide bonds. The van der Waals surface area contributed by atoms with Gasteiger partial charge in [0.15, 0.2) is 0 Å². The van der Waals surface area contributed by atoms with Gasteiger partial charge in [-0.1, -0.05) is 25.1 Å². The number of hydrogen-bond donors (Lipinski definition) is 2. The Morgan fingerprint density at radius 2 is 1.94 bits per heavy atom. The van der Waals surface area contributed by atoms with Crippen molar-refractivity contribution in [3.8, 4) is 0 Å². The van der Waals surface area contributed by atoms with Crippen LogP contribution in [0.25, 0.3) is 0 Å². The fraction of sp³-hybridized carbons (Fsp3) is 0.571. The van der Waals surface area contributed by atoms with Crippen LogP contribution in [0.5, 0.6) is 0 Å². The summed E-state index contributed by atoms with van der Waals surface area (Å²) in [6, 6.07) is 6.76. The lowest BCUT2D eigenvalue weighted by Gasteiger charge is -2.19. The van der Waals surface area contributed by atoms with Gasteiger partial charge in [0, 0.05) is 19.2 Å². The van der Waals surface area contributed by atoms with Crippen LogP contribution in [0.3, 0.4) is 0 Å². The van der Waals surface area contributed by atoms with Gasteiger partial charge in [-0.15, -0.1) is 0 Å². The molecule has 0 aliphatic carbocycles. The quantitative estimate of drug-likeness (QED) is 0.801. The topological polar surface area (TPSA) is 32.3 Å². The average Bonchev–Trinajstić information content (AvgIpc) is 2.29. The predicted octanol–water partition coefficient (Wildman–Crippen LogP) is 2.58. The minimum absolute atomic E-state index is 0.243. The number of benzene rings is 1. The first kappa shape index (κ1) is 13.2. The Bertz CT molecular complexity index is 336. The molecular weight excluding hydrogens is 198 g/mol. The molecule has 2 heteroatoms. The van der Waals surface area contributed by atoms with Gasteiger partial charge in [-0.2, -0.15) is 0 Å². The Morgan fingerprint density at radius 1 is 1.25 bits per heavy atom. The largest absolute Gasteiger partial charge is 0.396 e. The van der Waals surface area contributed by atoms with Gasteiger partial charge < -0.3 is 10.4 Å². The molecule has 2 N–H and O–H groups in total. The molecule has 0 saturated heterocycles. The highest BCUT2D eigenvalue weighted by Gasteiger charge is 2.10. The fourth-order valence-electron chi connectivity index (χ4n) is 1.80. The van der Waals surface area contributed by atoms with E-state index in [1.165, 1.54) is 16.7 Å². The molecule has 0 radical (unpaired) electrons. The Balaban J connectivity index is 2.66. The van der Waals surface area contributed by atoms with Crippen LogP contribution in [-0.4, -0.2) is 18.3 Å². The van der Waals surface area contributed by atoms with Crippen LogP contribution in [-0.2, 0) is 0 Å². The molecule has 0 aromatic heterocycles. The fourth-order valence-corrected chi connectivity index (χ4v) is 1.80. The van der Waals surface area contributed by atoms with Gasteiger partial charge in [0.2, 0.25) is 0 Å². The molecule has 0 aliphatic rings. The van der Waals surface area contributed by atoms with Crippen LogP contribution in [0.15, 0.2) is 18.2 Å². The summed E-state index contributed by atoms with van der Waals surface area (Å²) in [5, 5.41) is 12.4. The van der Waals surface area contributed by atoms with Gasteiger partial charge in [0.1, 0.15) is 0 Å². The third kappa shape index (κ3) is 3.32. The summed E-state index contributed by atoms with van der Waals surface area (Å²) in [6.07, 6.45) is 0. The molecule has 0 spiro atoms. The normalized spacial score (nSPS) is 14.8. The highest BCUT2D eigenvalue weighted by molar-refractivity contribution is 5.34. The van der Waals surface area contributed by atoms with Crippen LogP contribution in [0, 0.1) is 19.8 Å². The zero-order valence-electron chi connectivity index (χ0n) is 10.7. The summed E-state index contributed by atoms with van der Waals surface area (Å²) in [5.41, 5.74) is 4.05. The standard InChI is InChI=1S/C14H23NO/c1-10(9-16)8-15-13(4)14-7-5-6-11(2)12(14)3/h5-7,10,13,15-16H,8-9H2,1-4H3. The van der Waals surface area contributed by atoms with E-state index >= 15 is 0 Å². The van der Waals surface area contributed by atoms with Gasteiger partial charge in [-0.05, 0) is 43.4 Å². The molecule has 0 saturated carbocycles. The zero-order valence-corrected chi connectivity index (χ0v) is 10.7. The van der Waals surface area contributed by atoms with Crippen LogP contribution in [0.4, 0.5) is 0 Å². The maximum atomic E-state index is 8.98. The average molecular weight is 221 g/mol. The molecule has 2 atom stereocenters. The van der Waals surface area contributed by atoms with Crippen molar-refractivity contribution in [1.82, 2.24) is 5.32 Å². The van der Waals surface area contributed by atoms with Crippen LogP contribution in [0.2, 0.25) is 0 Å². The smallest absolute Gasteiger partial charge is 0.0468 e. The number of hydrogen-bond acceptors (Lipinski definition) is 2. The number of aliphatic hydroxyl groups excluding tert-OH is 1. The van der Waals surface area contributed by atoms with Crippen LogP contribution < -0.4 is 5.32 Å². The van der Waals surface area contributed by atoms with Crippen molar-refractivity contribution in [3.05, 3.63) is 34.9 Å². The van der Waals surface area contributed by atoms with Crippen molar-refractivity contribution in [2.24, 2.45) is 5.92 Å². The first-order valence-corrected chi connectivity index (χ1v) is 5.96. The maximum Gasteiger partial charge on any atom is 0.0468 e. The minimum atomic E-state index is 0.243. The van der Waals surface area contributed by atoms with E-state index in [4.69, 9.17) is 5.11 Å². The van der Waals surface area contributed by atoms with Crippen molar-refractivity contribution >= 4 is 0 Å². The van der Waals surface area contributed by atoms with E-state index in [1.54, 1.807) is 0 Å². The van der Waals surface area contributed by atoms with Gasteiger partial charge in [0.25, 0.3) is 0 Å². The Hall–Kier alpha value is -0.860. The van der Waals surface area contributed by atoms with Gasteiger partial charge in [-0.25, -0.2) is 0 Å². The van der Waals surface area contributed by atoms with E-state index in [2.05, 4.69) is 44.3 Å². The first-order chi connectivity index (χ1) is 7.56. The first-order valence-electron chi connectivity index (χ1n) is 5.96. The molecule has 1 aromatic rings. The molecule has 2 unspecified atom stereocenters. The summed E-state index contributed by atoms with van der Waals surface area (Å²) < 4.78 is 0. The van der Waals surface area contributed by atoms with Gasteiger partial charge >= 0.3 is 0 Å². The van der Waals surface area contributed by atoms with Crippen molar-refractivity contribution in [2.45, 2.75) is 33.7 Å². The van der Waals surface area contributed by atoms with Crippen molar-refractivity contribution in [1.29, 1.82) is 0 Å². The Morgan fingerprint density at radius 3 is 2.56 bits per heavy atom. The molecular formula is C14H23NO. The Labute approximate surface area is 98.7 Å². The van der Waals surface area contributed by atoms with Crippen molar-refractivity contribution < 1.29 is 5.11 Å². The van der Waals surface area contributed by atoms with E-state index in [1.807, 2.05) is 6.92 Å². The summed E-state index contributed by atoms with van der Waals surface area (Å²) in [7, 11) is 0. The second-order valence-electron chi connectivity index (χ2n) is 4.71. The SMILES string of the molecule is Cc1cccc(C(C)NCC(C)CO)c1C. The molecule has 0 fully saturated rings. The van der Waals surface area contributed by atoms with Crippen molar-refractivity contribution in [3.63, 3.8) is 0 Å². The second kappa shape index (κ2) is 6.02. The van der Waals surface area contributed by atoms with Gasteiger partial charge in [0.05, 0.1) is 0 Å². The minimum Gasteiger partial charge on any atom is -0.396 e. The predicted molar refractivity (Wildman–Crippen MR) is 68.6 cm³/mol. The highest BCUT2D eigenvalue weighted by Crippen LogP contribution is 2.20. The molecule has 2 nitrogen and oxygen atoms in total. The van der Waals surface area contributed by atoms with E-state index in [0.717, 1.165) is 6.54 Å². The number of aryl methyl sites for hydroxylation is 1. The molecule has 0 aliphatic heterocycles. The van der Waals surface area contributed by atoms with E-state index in [0.29, 0.717) is 12.0 Å². The summed E-state index contributed by atoms with van der Waals surface area (Å²) >= 11 is 0. The lowest BCUT2D eigenvalue weighted by Crippen LogP contribution is -2.26. The van der Waals surface area contributed by atoms with E-state index < -0.39 is 0 Å². The van der Waals surface area contributed by atoms with E-state index in [9.17, 15) is 0 Å². The number of aliphatic hydroxyl groups is 1. The number of nitrogens with one attached hydrogen (secondary N) is 1. The van der Waals surface area contributed by atoms with Crippen molar-refractivity contribution in [2.75, 3.05) is 13.2 Å². The molecule has 90 valence electrons. The van der Waals surface area contributed by atoms with E-state index in [-0.39, 0.29) is 6.61 Å². The second-order valence-corrected chi connectivity index (χ2v) is 4.71. The molecule has 16 heavy (non-hydrogen) atoms. The molecule has 0 heterocycles. The van der Waals surface area contributed by atoms with Crippen LogP contribution >= 0.6 is 0 Å². The number of rotatable bonds is 5. The molecule has 0 bridgehead atoms. The summed E-state index contributed by atoms with van der Waals surface area (Å²) in [4.78, 5) is 0. The van der Waals surface area contributed by atoms with Crippen LogP contribution in [0.1, 0.15) is 36.6 Å². The van der Waals surface area contributed by atoms with Gasteiger partial charge in [-0.3, -0.25) is 0 Å².